The van der Waals surface area contributed by atoms with E-state index in [-0.39, 0.29) is 24.3 Å². The predicted molar refractivity (Wildman–Crippen MR) is 229 cm³/mol. The number of hydrogen-bond donors (Lipinski definition) is 2. The van der Waals surface area contributed by atoms with Crippen LogP contribution in [-0.2, 0) is 11.2 Å². The van der Waals surface area contributed by atoms with E-state index in [1.807, 2.05) is 103 Å². The van der Waals surface area contributed by atoms with Crippen LogP contribution in [0.15, 0.2) is 127 Å². The highest BCUT2D eigenvalue weighted by Gasteiger charge is 2.58. The number of carbonyl (C=O) groups is 2. The van der Waals surface area contributed by atoms with Gasteiger partial charge in [-0.3, -0.25) is 4.79 Å². The van der Waals surface area contributed by atoms with Crippen molar-refractivity contribution in [3.63, 3.8) is 0 Å². The van der Waals surface area contributed by atoms with Crippen LogP contribution in [-0.4, -0.2) is 64.5 Å². The van der Waals surface area contributed by atoms with Crippen LogP contribution in [0.25, 0.3) is 21.9 Å². The van der Waals surface area contributed by atoms with E-state index in [1.54, 1.807) is 4.90 Å². The molecule has 2 N–H and O–H groups in total. The first-order chi connectivity index (χ1) is 28.1. The molecule has 0 radical (unpaired) electrons. The minimum Gasteiger partial charge on any atom is -0.410 e. The molecule has 0 spiro atoms. The molecule has 1 saturated carbocycles. The summed E-state index contributed by atoms with van der Waals surface area (Å²) in [4.78, 5) is 31.0. The van der Waals surface area contributed by atoms with Crippen molar-refractivity contribution in [2.45, 2.75) is 95.4 Å². The minimum atomic E-state index is -1.31. The average Bonchev–Trinajstić information content (AvgIpc) is 3.84. The van der Waals surface area contributed by atoms with Gasteiger partial charge in [-0.2, -0.15) is 0 Å². The third-order valence-corrected chi connectivity index (χ3v) is 13.3. The molecule has 2 bridgehead atoms. The highest BCUT2D eigenvalue weighted by atomic mass is 16.6. The molecule has 300 valence electrons. The van der Waals surface area contributed by atoms with E-state index in [1.165, 1.54) is 5.57 Å². The zero-order valence-corrected chi connectivity index (χ0v) is 33.7. The first-order valence-corrected chi connectivity index (χ1v) is 21.1. The number of aliphatic hydroxyl groups is 2. The second kappa shape index (κ2) is 17.0. The Morgan fingerprint density at radius 3 is 2.43 bits per heavy atom. The smallest absolute Gasteiger partial charge is 0.410 e. The molecule has 7 nitrogen and oxygen atoms in total. The molecule has 2 fully saturated rings. The van der Waals surface area contributed by atoms with Crippen LogP contribution in [0.4, 0.5) is 4.79 Å². The lowest BCUT2D eigenvalue weighted by Gasteiger charge is -2.46. The van der Waals surface area contributed by atoms with Crippen molar-refractivity contribution in [1.29, 1.82) is 0 Å². The quantitative estimate of drug-likeness (QED) is 0.120. The van der Waals surface area contributed by atoms with Crippen LogP contribution in [0, 0.1) is 5.41 Å². The maximum atomic E-state index is 15.1. The zero-order chi connectivity index (χ0) is 40.3. The number of nitrogens with zero attached hydrogens (tertiary/aromatic N) is 1. The molecule has 58 heavy (non-hydrogen) atoms. The van der Waals surface area contributed by atoms with Gasteiger partial charge in [-0.1, -0.05) is 116 Å². The summed E-state index contributed by atoms with van der Waals surface area (Å²) in [6.45, 7) is 5.29. The fourth-order valence-corrected chi connectivity index (χ4v) is 9.84. The minimum absolute atomic E-state index is 0.0688. The Labute approximate surface area is 342 Å². The highest BCUT2D eigenvalue weighted by Crippen LogP contribution is 2.59. The Kier molecular flexibility index (Phi) is 11.7. The van der Waals surface area contributed by atoms with E-state index < -0.39 is 23.2 Å². The van der Waals surface area contributed by atoms with Gasteiger partial charge in [-0.15, -0.1) is 0 Å². The standard InChI is InChI=1S/C51H55NO6/c1-35-12-10-27-50(2)47(26-28-51(50,56)34-52(33-42-17-11-29-57-42)49(55)58-41-24-22-37-13-6-7-16-39(37)32-41)44-25-21-36(30-40(53)23-20-35)31-46(44)48(54)45-19-9-8-18-43(45)38-14-4-3-5-15-38/h3-9,12-16,18-19,21-22,24-25,31-32,40,42,47,53,56H,10-11,17,20,23,26-30,33-34H2,1-2H3. The number of fused-ring (bicyclic) bond motifs is 9. The second-order valence-corrected chi connectivity index (χ2v) is 17.1. The Hall–Kier alpha value is -5.08. The summed E-state index contributed by atoms with van der Waals surface area (Å²) >= 11 is 0. The van der Waals surface area contributed by atoms with Crippen molar-refractivity contribution in [1.82, 2.24) is 4.90 Å². The molecule has 3 aliphatic carbocycles. The summed E-state index contributed by atoms with van der Waals surface area (Å²) in [5, 5.41) is 26.4. The zero-order valence-electron chi connectivity index (χ0n) is 33.7. The first kappa shape index (κ1) is 39.7. The van der Waals surface area contributed by atoms with Gasteiger partial charge in [0, 0.05) is 23.1 Å². The van der Waals surface area contributed by atoms with Gasteiger partial charge < -0.3 is 24.6 Å². The highest BCUT2D eigenvalue weighted by molar-refractivity contribution is 6.14. The number of ketones is 1. The summed E-state index contributed by atoms with van der Waals surface area (Å²) < 4.78 is 12.1. The van der Waals surface area contributed by atoms with Gasteiger partial charge in [0.05, 0.1) is 30.9 Å². The molecule has 1 heterocycles. The molecule has 1 amide bonds. The SMILES string of the molecule is CC1=CCCC2(C)C(CCC2(O)CN(CC2CCCO2)C(=O)Oc2ccc3ccccc3c2)c2ccc(cc2C(=O)c2ccccc2-c2ccccc2)CC(O)CC1. The van der Waals surface area contributed by atoms with Crippen molar-refractivity contribution in [3.8, 4) is 16.9 Å². The summed E-state index contributed by atoms with van der Waals surface area (Å²) in [7, 11) is 0. The van der Waals surface area contributed by atoms with Gasteiger partial charge in [0.1, 0.15) is 5.75 Å². The lowest BCUT2D eigenvalue weighted by molar-refractivity contribution is -0.0831. The number of hydrogen-bond acceptors (Lipinski definition) is 6. The van der Waals surface area contributed by atoms with Crippen LogP contribution >= 0.6 is 0 Å². The van der Waals surface area contributed by atoms with E-state index >= 15 is 4.79 Å². The van der Waals surface area contributed by atoms with Gasteiger partial charge in [-0.25, -0.2) is 4.79 Å². The molecule has 0 aromatic heterocycles. The number of amides is 1. The van der Waals surface area contributed by atoms with E-state index in [9.17, 15) is 15.0 Å². The fourth-order valence-electron chi connectivity index (χ4n) is 9.84. The summed E-state index contributed by atoms with van der Waals surface area (Å²) in [5.41, 5.74) is 4.00. The van der Waals surface area contributed by atoms with Gasteiger partial charge in [-0.05, 0) is 122 Å². The van der Waals surface area contributed by atoms with E-state index in [0.717, 1.165) is 52.3 Å². The van der Waals surface area contributed by atoms with Crippen LogP contribution in [0.5, 0.6) is 5.75 Å². The van der Waals surface area contributed by atoms with E-state index in [0.29, 0.717) is 68.6 Å². The second-order valence-electron chi connectivity index (χ2n) is 17.1. The van der Waals surface area contributed by atoms with Gasteiger partial charge in [0.25, 0.3) is 0 Å². The molecule has 7 heteroatoms. The molecule has 5 atom stereocenters. The average molecular weight is 778 g/mol. The summed E-state index contributed by atoms with van der Waals surface area (Å²) in [5.74, 6) is 0.175. The van der Waals surface area contributed by atoms with Crippen LogP contribution < -0.4 is 4.74 Å². The molecular weight excluding hydrogens is 723 g/mol. The number of carbonyl (C=O) groups excluding carboxylic acids is 2. The Bertz CT molecular complexity index is 2300. The topological polar surface area (TPSA) is 96.3 Å². The van der Waals surface area contributed by atoms with Crippen LogP contribution in [0.1, 0.15) is 98.2 Å². The number of rotatable bonds is 8. The van der Waals surface area contributed by atoms with Crippen molar-refractivity contribution >= 4 is 22.6 Å². The fraction of sp³-hybridized carbons (Fsp3) is 0.373. The van der Waals surface area contributed by atoms with Crippen molar-refractivity contribution < 1.29 is 29.3 Å². The molecule has 4 aliphatic rings. The third-order valence-electron chi connectivity index (χ3n) is 13.3. The van der Waals surface area contributed by atoms with Crippen LogP contribution in [0.2, 0.25) is 0 Å². The van der Waals surface area contributed by atoms with E-state index in [2.05, 4.69) is 32.1 Å². The number of allylic oxidation sites excluding steroid dienone is 2. The largest absolute Gasteiger partial charge is 0.415 e. The summed E-state index contributed by atoms with van der Waals surface area (Å²) in [6, 6.07) is 37.5. The Balaban J connectivity index is 1.18. The first-order valence-electron chi connectivity index (χ1n) is 21.1. The molecule has 5 aromatic carbocycles. The molecule has 1 saturated heterocycles. The normalized spacial score (nSPS) is 24.8. The molecule has 9 rings (SSSR count). The number of benzene rings is 5. The monoisotopic (exact) mass is 777 g/mol. The van der Waals surface area contributed by atoms with Gasteiger partial charge >= 0.3 is 6.09 Å². The molecule has 1 aliphatic heterocycles. The molecular formula is C51H55NO6. The number of aliphatic hydroxyl groups excluding tert-OH is 1. The van der Waals surface area contributed by atoms with Crippen LogP contribution in [0.3, 0.4) is 0 Å². The molecule has 5 unspecified atom stereocenters. The number of ether oxygens (including phenoxy) is 2. The third kappa shape index (κ3) is 8.26. The lowest BCUT2D eigenvalue weighted by Crippen LogP contribution is -2.55. The van der Waals surface area contributed by atoms with Crippen molar-refractivity contribution in [2.24, 2.45) is 5.41 Å². The lowest BCUT2D eigenvalue weighted by atomic mass is 9.64. The maximum Gasteiger partial charge on any atom is 0.415 e. The van der Waals surface area contributed by atoms with E-state index in [4.69, 9.17) is 9.47 Å². The van der Waals surface area contributed by atoms with Crippen molar-refractivity contribution in [3.05, 3.63) is 149 Å². The Morgan fingerprint density at radius 2 is 1.62 bits per heavy atom. The maximum absolute atomic E-state index is 15.1. The Morgan fingerprint density at radius 1 is 0.845 bits per heavy atom. The summed E-state index contributed by atoms with van der Waals surface area (Å²) in [6.07, 6.45) is 7.03. The predicted octanol–water partition coefficient (Wildman–Crippen LogP) is 10.5. The van der Waals surface area contributed by atoms with Gasteiger partial charge in [0.15, 0.2) is 5.78 Å². The van der Waals surface area contributed by atoms with Crippen molar-refractivity contribution in [2.75, 3.05) is 19.7 Å². The van der Waals surface area contributed by atoms with Gasteiger partial charge in [0.2, 0.25) is 0 Å². The molecule has 5 aromatic rings.